The zero-order valence-electron chi connectivity index (χ0n) is 14.3. The molecule has 2 aromatic rings. The molecule has 2 amide bonds. The summed E-state index contributed by atoms with van der Waals surface area (Å²) >= 11 is 1.36. The predicted octanol–water partition coefficient (Wildman–Crippen LogP) is 2.72. The number of amides is 2. The number of halogens is 1. The third-order valence-corrected chi connectivity index (χ3v) is 4.61. The number of carbonyl (C=O) groups excluding carboxylic acids is 3. The SMILES string of the molecule is O=C(CCNC(=O)CCC(=O)c1cccs1)NCCc1ccc(F)cc1. The third kappa shape index (κ3) is 7.14. The molecule has 138 valence electrons. The molecule has 0 unspecified atom stereocenters. The molecule has 0 spiro atoms. The Morgan fingerprint density at radius 3 is 2.27 bits per heavy atom. The number of nitrogens with one attached hydrogen (secondary N) is 2. The van der Waals surface area contributed by atoms with Gasteiger partial charge in [0.1, 0.15) is 5.82 Å². The van der Waals surface area contributed by atoms with Crippen molar-refractivity contribution in [2.75, 3.05) is 13.1 Å². The average Bonchev–Trinajstić information content (AvgIpc) is 3.16. The fraction of sp³-hybridized carbons (Fsp3) is 0.316. The van der Waals surface area contributed by atoms with Crippen molar-refractivity contribution in [3.05, 3.63) is 58.0 Å². The van der Waals surface area contributed by atoms with E-state index >= 15 is 0 Å². The zero-order valence-corrected chi connectivity index (χ0v) is 15.1. The molecule has 26 heavy (non-hydrogen) atoms. The number of ketones is 1. The number of Topliss-reactive ketones (excluding diaryl/α,β-unsaturated/α-hetero) is 1. The average molecular weight is 376 g/mol. The van der Waals surface area contributed by atoms with Crippen LogP contribution in [0.3, 0.4) is 0 Å². The van der Waals surface area contributed by atoms with E-state index in [1.54, 1.807) is 24.3 Å². The Morgan fingerprint density at radius 1 is 0.885 bits per heavy atom. The van der Waals surface area contributed by atoms with E-state index in [0.29, 0.717) is 17.8 Å². The van der Waals surface area contributed by atoms with Crippen LogP contribution in [0.2, 0.25) is 0 Å². The number of hydrogen-bond donors (Lipinski definition) is 2. The smallest absolute Gasteiger partial charge is 0.221 e. The molecule has 2 rings (SSSR count). The lowest BCUT2D eigenvalue weighted by molar-refractivity contribution is -0.122. The Kier molecular flexibility index (Phi) is 7.95. The van der Waals surface area contributed by atoms with Gasteiger partial charge in [-0.15, -0.1) is 11.3 Å². The van der Waals surface area contributed by atoms with Crippen LogP contribution in [0, 0.1) is 5.82 Å². The van der Waals surface area contributed by atoms with Gasteiger partial charge in [-0.1, -0.05) is 18.2 Å². The van der Waals surface area contributed by atoms with Crippen molar-refractivity contribution in [2.24, 2.45) is 0 Å². The fourth-order valence-electron chi connectivity index (χ4n) is 2.28. The third-order valence-electron chi connectivity index (χ3n) is 3.70. The summed E-state index contributed by atoms with van der Waals surface area (Å²) in [6.45, 7) is 0.683. The summed E-state index contributed by atoms with van der Waals surface area (Å²) in [6, 6.07) is 9.66. The van der Waals surface area contributed by atoms with Crippen LogP contribution in [0.4, 0.5) is 4.39 Å². The second-order valence-corrected chi connectivity index (χ2v) is 6.67. The van der Waals surface area contributed by atoms with Crippen molar-refractivity contribution < 1.29 is 18.8 Å². The van der Waals surface area contributed by atoms with Crippen molar-refractivity contribution in [2.45, 2.75) is 25.7 Å². The summed E-state index contributed by atoms with van der Waals surface area (Å²) in [7, 11) is 0. The van der Waals surface area contributed by atoms with Gasteiger partial charge in [0, 0.05) is 32.4 Å². The quantitative estimate of drug-likeness (QED) is 0.626. The van der Waals surface area contributed by atoms with Gasteiger partial charge in [-0.25, -0.2) is 4.39 Å². The van der Waals surface area contributed by atoms with E-state index in [4.69, 9.17) is 0 Å². The van der Waals surface area contributed by atoms with Crippen LogP contribution in [-0.2, 0) is 16.0 Å². The Balaban J connectivity index is 1.54. The Labute approximate surface area is 155 Å². The lowest BCUT2D eigenvalue weighted by Gasteiger charge is -2.07. The van der Waals surface area contributed by atoms with E-state index in [2.05, 4.69) is 10.6 Å². The van der Waals surface area contributed by atoms with Gasteiger partial charge in [0.15, 0.2) is 5.78 Å². The molecule has 0 saturated heterocycles. The van der Waals surface area contributed by atoms with Gasteiger partial charge in [0.2, 0.25) is 11.8 Å². The molecule has 1 heterocycles. The number of benzene rings is 1. The van der Waals surface area contributed by atoms with Crippen LogP contribution in [0.25, 0.3) is 0 Å². The van der Waals surface area contributed by atoms with Crippen LogP contribution in [0.5, 0.6) is 0 Å². The van der Waals surface area contributed by atoms with Gasteiger partial charge in [0.05, 0.1) is 4.88 Å². The largest absolute Gasteiger partial charge is 0.356 e. The zero-order chi connectivity index (χ0) is 18.8. The van der Waals surface area contributed by atoms with Gasteiger partial charge in [-0.05, 0) is 35.6 Å². The topological polar surface area (TPSA) is 75.3 Å². The summed E-state index contributed by atoms with van der Waals surface area (Å²) < 4.78 is 12.8. The van der Waals surface area contributed by atoms with Gasteiger partial charge < -0.3 is 10.6 Å². The molecule has 1 aromatic carbocycles. The summed E-state index contributed by atoms with van der Waals surface area (Å²) in [5.41, 5.74) is 0.940. The molecular weight excluding hydrogens is 355 g/mol. The van der Waals surface area contributed by atoms with E-state index in [1.165, 1.54) is 23.5 Å². The first-order valence-electron chi connectivity index (χ1n) is 8.39. The minimum absolute atomic E-state index is 0.0475. The second kappa shape index (κ2) is 10.5. The molecular formula is C19H21FN2O3S. The minimum atomic E-state index is -0.286. The van der Waals surface area contributed by atoms with Gasteiger partial charge in [-0.3, -0.25) is 14.4 Å². The molecule has 5 nitrogen and oxygen atoms in total. The van der Waals surface area contributed by atoms with Crippen LogP contribution in [-0.4, -0.2) is 30.7 Å². The highest BCUT2D eigenvalue weighted by Gasteiger charge is 2.10. The van der Waals surface area contributed by atoms with Crippen molar-refractivity contribution in [1.82, 2.24) is 10.6 Å². The summed E-state index contributed by atoms with van der Waals surface area (Å²) in [5, 5.41) is 7.21. The van der Waals surface area contributed by atoms with Crippen LogP contribution in [0.15, 0.2) is 41.8 Å². The minimum Gasteiger partial charge on any atom is -0.356 e. The Bertz CT molecular complexity index is 730. The highest BCUT2D eigenvalue weighted by atomic mass is 32.1. The maximum Gasteiger partial charge on any atom is 0.221 e. The normalized spacial score (nSPS) is 10.3. The van der Waals surface area contributed by atoms with Gasteiger partial charge >= 0.3 is 0 Å². The van der Waals surface area contributed by atoms with E-state index < -0.39 is 0 Å². The lowest BCUT2D eigenvalue weighted by atomic mass is 10.1. The van der Waals surface area contributed by atoms with Crippen LogP contribution in [0.1, 0.15) is 34.5 Å². The van der Waals surface area contributed by atoms with E-state index in [-0.39, 0.29) is 49.2 Å². The maximum absolute atomic E-state index is 12.8. The highest BCUT2D eigenvalue weighted by Crippen LogP contribution is 2.12. The Hall–Kier alpha value is -2.54. The molecule has 2 N–H and O–H groups in total. The molecule has 0 saturated carbocycles. The number of thiophene rings is 1. The van der Waals surface area contributed by atoms with Crippen molar-refractivity contribution in [3.8, 4) is 0 Å². The molecule has 1 aromatic heterocycles. The molecule has 0 fully saturated rings. The fourth-order valence-corrected chi connectivity index (χ4v) is 2.97. The standard InChI is InChI=1S/C19H21FN2O3S/c20-15-5-3-14(4-6-15)9-11-21-19(25)10-12-22-18(24)8-7-16(23)17-2-1-13-26-17/h1-6,13H,7-12H2,(H,21,25)(H,22,24). The van der Waals surface area contributed by atoms with Gasteiger partial charge in [-0.2, -0.15) is 0 Å². The van der Waals surface area contributed by atoms with E-state index in [0.717, 1.165) is 5.56 Å². The molecule has 7 heteroatoms. The lowest BCUT2D eigenvalue weighted by Crippen LogP contribution is -2.31. The molecule has 0 aliphatic carbocycles. The molecule has 0 radical (unpaired) electrons. The summed E-state index contributed by atoms with van der Waals surface area (Å²) in [6.07, 6.45) is 1.07. The van der Waals surface area contributed by atoms with E-state index in [1.807, 2.05) is 5.38 Å². The Morgan fingerprint density at radius 2 is 1.58 bits per heavy atom. The van der Waals surface area contributed by atoms with Gasteiger partial charge in [0.25, 0.3) is 0 Å². The van der Waals surface area contributed by atoms with Crippen LogP contribution >= 0.6 is 11.3 Å². The highest BCUT2D eigenvalue weighted by molar-refractivity contribution is 7.12. The molecule has 0 aliphatic heterocycles. The molecule has 0 bridgehead atoms. The molecule has 0 aliphatic rings. The first-order chi connectivity index (χ1) is 12.5. The van der Waals surface area contributed by atoms with Crippen LogP contribution < -0.4 is 10.6 Å². The maximum atomic E-state index is 12.8. The predicted molar refractivity (Wildman–Crippen MR) is 98.6 cm³/mol. The monoisotopic (exact) mass is 376 g/mol. The van der Waals surface area contributed by atoms with Crippen molar-refractivity contribution in [3.63, 3.8) is 0 Å². The number of carbonyl (C=O) groups is 3. The number of rotatable bonds is 10. The molecule has 0 atom stereocenters. The summed E-state index contributed by atoms with van der Waals surface area (Å²) in [4.78, 5) is 35.9. The second-order valence-electron chi connectivity index (χ2n) is 5.73. The number of hydrogen-bond acceptors (Lipinski definition) is 4. The van der Waals surface area contributed by atoms with Crippen molar-refractivity contribution >= 4 is 28.9 Å². The summed E-state index contributed by atoms with van der Waals surface area (Å²) in [5.74, 6) is -0.740. The first-order valence-corrected chi connectivity index (χ1v) is 9.27. The van der Waals surface area contributed by atoms with Crippen molar-refractivity contribution in [1.29, 1.82) is 0 Å². The first kappa shape index (κ1) is 19.8. The van der Waals surface area contributed by atoms with E-state index in [9.17, 15) is 18.8 Å².